The summed E-state index contributed by atoms with van der Waals surface area (Å²) in [6.07, 6.45) is 1.06. The summed E-state index contributed by atoms with van der Waals surface area (Å²) in [5.41, 5.74) is 1.79. The van der Waals surface area contributed by atoms with E-state index in [0.29, 0.717) is 16.9 Å². The van der Waals surface area contributed by atoms with Crippen molar-refractivity contribution in [3.8, 4) is 5.75 Å². The quantitative estimate of drug-likeness (QED) is 0.840. The van der Waals surface area contributed by atoms with Gasteiger partial charge >= 0.3 is 0 Å². The third-order valence-electron chi connectivity index (χ3n) is 3.47. The van der Waals surface area contributed by atoms with Crippen LogP contribution in [-0.4, -0.2) is 17.9 Å². The number of amides is 2. The Hall–Kier alpha value is -2.82. The molecule has 0 radical (unpaired) electrons. The van der Waals surface area contributed by atoms with Crippen LogP contribution in [-0.2, 0) is 4.79 Å². The summed E-state index contributed by atoms with van der Waals surface area (Å²) in [6, 6.07) is 14.0. The predicted molar refractivity (Wildman–Crippen MR) is 95.5 cm³/mol. The van der Waals surface area contributed by atoms with Crippen molar-refractivity contribution < 1.29 is 14.3 Å². The molecular weight excluding hydrogens is 304 g/mol. The Morgan fingerprint density at radius 3 is 2.25 bits per heavy atom. The fraction of sp³-hybridized carbons (Fsp3) is 0.263. The van der Waals surface area contributed by atoms with Crippen LogP contribution >= 0.6 is 0 Å². The highest BCUT2D eigenvalue weighted by Gasteiger charge is 2.08. The fourth-order valence-corrected chi connectivity index (χ4v) is 2.08. The topological polar surface area (TPSA) is 67.4 Å². The van der Waals surface area contributed by atoms with Crippen LogP contribution in [0.3, 0.4) is 0 Å². The number of hydrogen-bond acceptors (Lipinski definition) is 3. The Morgan fingerprint density at radius 2 is 1.67 bits per heavy atom. The van der Waals surface area contributed by atoms with Gasteiger partial charge in [0.15, 0.2) is 0 Å². The van der Waals surface area contributed by atoms with Crippen LogP contribution in [0.2, 0.25) is 0 Å². The van der Waals surface area contributed by atoms with E-state index in [2.05, 4.69) is 17.6 Å². The maximum absolute atomic E-state index is 12.3. The molecule has 5 nitrogen and oxygen atoms in total. The summed E-state index contributed by atoms with van der Waals surface area (Å²) < 4.78 is 5.70. The molecule has 0 aromatic heterocycles. The normalized spacial score (nSPS) is 11.5. The molecule has 0 saturated heterocycles. The first-order chi connectivity index (χ1) is 11.5. The number of carbonyl (C=O) groups excluding carboxylic acids is 2. The van der Waals surface area contributed by atoms with Gasteiger partial charge in [-0.2, -0.15) is 0 Å². The summed E-state index contributed by atoms with van der Waals surface area (Å²) in [4.78, 5) is 23.4. The van der Waals surface area contributed by atoms with Crippen molar-refractivity contribution in [3.05, 3.63) is 54.1 Å². The Bertz CT molecular complexity index is 711. The van der Waals surface area contributed by atoms with Crippen LogP contribution in [0.15, 0.2) is 48.5 Å². The van der Waals surface area contributed by atoms with E-state index in [-0.39, 0.29) is 17.9 Å². The standard InChI is InChI=1S/C19H22N2O3/c1-4-13(2)24-18-10-8-15(9-11-18)19(23)21-17-7-5-6-16(12-17)20-14(3)22/h5-13H,4H2,1-3H3,(H,20,22)(H,21,23)/t13-/m1/s1. The first-order valence-corrected chi connectivity index (χ1v) is 7.93. The average molecular weight is 326 g/mol. The van der Waals surface area contributed by atoms with E-state index in [1.165, 1.54) is 6.92 Å². The van der Waals surface area contributed by atoms with Gasteiger partial charge < -0.3 is 15.4 Å². The molecule has 24 heavy (non-hydrogen) atoms. The maximum Gasteiger partial charge on any atom is 0.255 e. The van der Waals surface area contributed by atoms with Gasteiger partial charge in [-0.15, -0.1) is 0 Å². The molecule has 0 saturated carbocycles. The maximum atomic E-state index is 12.3. The van der Waals surface area contributed by atoms with Gasteiger partial charge in [0.25, 0.3) is 5.91 Å². The van der Waals surface area contributed by atoms with E-state index < -0.39 is 0 Å². The van der Waals surface area contributed by atoms with E-state index >= 15 is 0 Å². The van der Waals surface area contributed by atoms with Crippen LogP contribution in [0.5, 0.6) is 5.75 Å². The Kier molecular flexibility index (Phi) is 5.95. The van der Waals surface area contributed by atoms with Crippen molar-refractivity contribution in [2.24, 2.45) is 0 Å². The zero-order valence-electron chi connectivity index (χ0n) is 14.1. The molecule has 0 heterocycles. The summed E-state index contributed by atoms with van der Waals surface area (Å²) in [5.74, 6) is 0.369. The molecule has 2 rings (SSSR count). The second-order valence-corrected chi connectivity index (χ2v) is 5.58. The molecule has 0 aliphatic heterocycles. The largest absolute Gasteiger partial charge is 0.491 e. The molecule has 0 aliphatic rings. The minimum absolute atomic E-state index is 0.140. The number of nitrogens with one attached hydrogen (secondary N) is 2. The minimum Gasteiger partial charge on any atom is -0.491 e. The highest BCUT2D eigenvalue weighted by Crippen LogP contribution is 2.18. The molecule has 0 spiro atoms. The fourth-order valence-electron chi connectivity index (χ4n) is 2.08. The second-order valence-electron chi connectivity index (χ2n) is 5.58. The number of benzene rings is 2. The van der Waals surface area contributed by atoms with E-state index in [1.807, 2.05) is 6.92 Å². The van der Waals surface area contributed by atoms with E-state index in [1.54, 1.807) is 48.5 Å². The monoisotopic (exact) mass is 326 g/mol. The Labute approximate surface area is 142 Å². The molecule has 1 atom stereocenters. The molecule has 2 amide bonds. The first-order valence-electron chi connectivity index (χ1n) is 7.93. The van der Waals surface area contributed by atoms with E-state index in [0.717, 1.165) is 12.2 Å². The van der Waals surface area contributed by atoms with Gasteiger partial charge in [-0.3, -0.25) is 9.59 Å². The van der Waals surface area contributed by atoms with Gasteiger partial charge in [-0.1, -0.05) is 13.0 Å². The molecule has 0 bridgehead atoms. The number of rotatable bonds is 6. The third-order valence-corrected chi connectivity index (χ3v) is 3.47. The molecule has 0 aliphatic carbocycles. The summed E-state index contributed by atoms with van der Waals surface area (Å²) in [7, 11) is 0. The zero-order chi connectivity index (χ0) is 17.5. The lowest BCUT2D eigenvalue weighted by Gasteiger charge is -2.13. The van der Waals surface area contributed by atoms with Gasteiger partial charge in [-0.25, -0.2) is 0 Å². The average Bonchev–Trinajstić information content (AvgIpc) is 2.55. The molecule has 2 aromatic carbocycles. The van der Waals surface area contributed by atoms with Crippen LogP contribution < -0.4 is 15.4 Å². The van der Waals surface area contributed by atoms with Gasteiger partial charge in [0, 0.05) is 23.9 Å². The number of carbonyl (C=O) groups is 2. The van der Waals surface area contributed by atoms with Gasteiger partial charge in [0.05, 0.1) is 6.10 Å². The lowest BCUT2D eigenvalue weighted by Crippen LogP contribution is -2.13. The van der Waals surface area contributed by atoms with Crippen LogP contribution in [0.1, 0.15) is 37.6 Å². The van der Waals surface area contributed by atoms with Gasteiger partial charge in [0.2, 0.25) is 5.91 Å². The Morgan fingerprint density at radius 1 is 1.04 bits per heavy atom. The Balaban J connectivity index is 2.03. The third kappa shape index (κ3) is 5.12. The van der Waals surface area contributed by atoms with Crippen LogP contribution in [0, 0.1) is 0 Å². The van der Waals surface area contributed by atoms with E-state index in [4.69, 9.17) is 4.74 Å². The zero-order valence-corrected chi connectivity index (χ0v) is 14.1. The number of ether oxygens (including phenoxy) is 1. The van der Waals surface area contributed by atoms with Gasteiger partial charge in [-0.05, 0) is 55.8 Å². The molecule has 0 fully saturated rings. The van der Waals surface area contributed by atoms with Gasteiger partial charge in [0.1, 0.15) is 5.75 Å². The van der Waals surface area contributed by atoms with Crippen molar-refractivity contribution in [2.75, 3.05) is 10.6 Å². The van der Waals surface area contributed by atoms with Crippen LogP contribution in [0.25, 0.3) is 0 Å². The second kappa shape index (κ2) is 8.15. The summed E-state index contributed by atoms with van der Waals surface area (Å²) in [5, 5.41) is 5.49. The molecule has 0 unspecified atom stereocenters. The van der Waals surface area contributed by atoms with Crippen molar-refractivity contribution in [1.82, 2.24) is 0 Å². The molecule has 126 valence electrons. The SMILES string of the molecule is CC[C@@H](C)Oc1ccc(C(=O)Nc2cccc(NC(C)=O)c2)cc1. The first kappa shape index (κ1) is 17.5. The molecule has 2 aromatic rings. The van der Waals surface area contributed by atoms with Crippen LogP contribution in [0.4, 0.5) is 11.4 Å². The summed E-state index contributed by atoms with van der Waals surface area (Å²) >= 11 is 0. The lowest BCUT2D eigenvalue weighted by atomic mass is 10.2. The lowest BCUT2D eigenvalue weighted by molar-refractivity contribution is -0.114. The molecule has 5 heteroatoms. The number of hydrogen-bond donors (Lipinski definition) is 2. The smallest absolute Gasteiger partial charge is 0.255 e. The van der Waals surface area contributed by atoms with Crippen molar-refractivity contribution in [1.29, 1.82) is 0 Å². The molecule has 2 N–H and O–H groups in total. The van der Waals surface area contributed by atoms with Crippen molar-refractivity contribution >= 4 is 23.2 Å². The van der Waals surface area contributed by atoms with Crippen molar-refractivity contribution in [3.63, 3.8) is 0 Å². The highest BCUT2D eigenvalue weighted by molar-refractivity contribution is 6.04. The predicted octanol–water partition coefficient (Wildman–Crippen LogP) is 4.07. The summed E-state index contributed by atoms with van der Waals surface area (Å²) in [6.45, 7) is 5.50. The number of anilines is 2. The highest BCUT2D eigenvalue weighted by atomic mass is 16.5. The molecular formula is C19H22N2O3. The van der Waals surface area contributed by atoms with E-state index in [9.17, 15) is 9.59 Å². The minimum atomic E-state index is -0.218. The van der Waals surface area contributed by atoms with Crippen molar-refractivity contribution in [2.45, 2.75) is 33.3 Å².